The lowest BCUT2D eigenvalue weighted by Gasteiger charge is -2.11. The third-order valence-corrected chi connectivity index (χ3v) is 4.76. The first-order valence-electron chi connectivity index (χ1n) is 5.62. The predicted octanol–water partition coefficient (Wildman–Crippen LogP) is 5.88. The number of hydrogen-bond acceptors (Lipinski definition) is 1. The molecule has 0 spiro atoms. The Labute approximate surface area is 120 Å². The van der Waals surface area contributed by atoms with Crippen molar-refractivity contribution < 1.29 is 0 Å². The number of rotatable bonds is 2. The SMILES string of the molecule is Clc1ccccc1C(Cl)c1csc2ccccc12. The number of benzene rings is 2. The van der Waals surface area contributed by atoms with E-state index in [4.69, 9.17) is 23.2 Å². The first kappa shape index (κ1) is 12.0. The molecule has 1 atom stereocenters. The maximum atomic E-state index is 6.58. The van der Waals surface area contributed by atoms with E-state index in [2.05, 4.69) is 17.5 Å². The summed E-state index contributed by atoms with van der Waals surface area (Å²) in [5.74, 6) is 0. The molecular weight excluding hydrogens is 283 g/mol. The monoisotopic (exact) mass is 292 g/mol. The van der Waals surface area contributed by atoms with Crippen molar-refractivity contribution in [3.8, 4) is 0 Å². The van der Waals surface area contributed by atoms with Crippen LogP contribution >= 0.6 is 34.5 Å². The van der Waals surface area contributed by atoms with E-state index in [1.54, 1.807) is 11.3 Å². The summed E-state index contributed by atoms with van der Waals surface area (Å²) in [6.07, 6.45) is 0. The van der Waals surface area contributed by atoms with E-state index >= 15 is 0 Å². The van der Waals surface area contributed by atoms with Gasteiger partial charge in [-0.1, -0.05) is 48.0 Å². The van der Waals surface area contributed by atoms with Gasteiger partial charge in [0.15, 0.2) is 0 Å². The maximum absolute atomic E-state index is 6.58. The summed E-state index contributed by atoms with van der Waals surface area (Å²) in [5, 5.41) is 3.84. The molecule has 0 aliphatic rings. The molecule has 3 aromatic rings. The molecule has 0 radical (unpaired) electrons. The zero-order valence-electron chi connectivity index (χ0n) is 9.44. The van der Waals surface area contributed by atoms with Crippen molar-refractivity contribution >= 4 is 44.6 Å². The third kappa shape index (κ3) is 2.03. The Bertz CT molecular complexity index is 688. The van der Waals surface area contributed by atoms with Crippen LogP contribution in [0.25, 0.3) is 10.1 Å². The highest BCUT2D eigenvalue weighted by atomic mass is 35.5. The van der Waals surface area contributed by atoms with Crippen LogP contribution < -0.4 is 0 Å². The molecule has 1 unspecified atom stereocenters. The van der Waals surface area contributed by atoms with Crippen LogP contribution in [0.15, 0.2) is 53.9 Å². The van der Waals surface area contributed by atoms with Gasteiger partial charge in [-0.3, -0.25) is 0 Å². The highest BCUT2D eigenvalue weighted by Crippen LogP contribution is 2.39. The highest BCUT2D eigenvalue weighted by Gasteiger charge is 2.17. The summed E-state index contributed by atoms with van der Waals surface area (Å²) in [6.45, 7) is 0. The standard InChI is InChI=1S/C15H10Cl2S/c16-13-7-3-1-6-11(13)15(17)12-9-18-14-8-4-2-5-10(12)14/h1-9,15H. The van der Waals surface area contributed by atoms with Crippen LogP contribution in [0.3, 0.4) is 0 Å². The normalized spacial score (nSPS) is 12.8. The van der Waals surface area contributed by atoms with Crippen molar-refractivity contribution in [3.05, 3.63) is 70.1 Å². The Morgan fingerprint density at radius 3 is 2.44 bits per heavy atom. The van der Waals surface area contributed by atoms with E-state index in [0.717, 1.165) is 11.1 Å². The van der Waals surface area contributed by atoms with Gasteiger partial charge in [-0.2, -0.15) is 0 Å². The van der Waals surface area contributed by atoms with E-state index in [9.17, 15) is 0 Å². The second-order valence-electron chi connectivity index (χ2n) is 4.07. The Balaban J connectivity index is 2.13. The zero-order valence-corrected chi connectivity index (χ0v) is 11.8. The van der Waals surface area contributed by atoms with Crippen molar-refractivity contribution in [2.75, 3.05) is 0 Å². The van der Waals surface area contributed by atoms with Gasteiger partial charge in [0.05, 0.1) is 5.38 Å². The Morgan fingerprint density at radius 2 is 1.61 bits per heavy atom. The van der Waals surface area contributed by atoms with Crippen molar-refractivity contribution in [1.82, 2.24) is 0 Å². The fourth-order valence-electron chi connectivity index (χ4n) is 2.04. The molecule has 1 aromatic heterocycles. The summed E-state index contributed by atoms with van der Waals surface area (Å²) in [7, 11) is 0. The smallest absolute Gasteiger partial charge is 0.0863 e. The first-order chi connectivity index (χ1) is 8.77. The quantitative estimate of drug-likeness (QED) is 0.517. The van der Waals surface area contributed by atoms with Crippen LogP contribution in [0.2, 0.25) is 5.02 Å². The second kappa shape index (κ2) is 4.93. The summed E-state index contributed by atoms with van der Waals surface area (Å²) in [4.78, 5) is 0. The second-order valence-corrected chi connectivity index (χ2v) is 5.83. The molecule has 1 heterocycles. The van der Waals surface area contributed by atoms with Gasteiger partial charge in [0.25, 0.3) is 0 Å². The molecule has 3 rings (SSSR count). The minimum atomic E-state index is -0.199. The molecule has 0 nitrogen and oxygen atoms in total. The van der Waals surface area contributed by atoms with Crippen LogP contribution in [0, 0.1) is 0 Å². The molecule has 0 aliphatic heterocycles. The summed E-state index contributed by atoms with van der Waals surface area (Å²) in [5.41, 5.74) is 2.09. The lowest BCUT2D eigenvalue weighted by molar-refractivity contribution is 1.17. The molecule has 2 aromatic carbocycles. The fourth-order valence-corrected chi connectivity index (χ4v) is 3.78. The first-order valence-corrected chi connectivity index (χ1v) is 7.31. The van der Waals surface area contributed by atoms with Gasteiger partial charge < -0.3 is 0 Å². The molecule has 0 saturated carbocycles. The van der Waals surface area contributed by atoms with Crippen molar-refractivity contribution in [1.29, 1.82) is 0 Å². The lowest BCUT2D eigenvalue weighted by atomic mass is 10.0. The van der Waals surface area contributed by atoms with E-state index in [1.807, 2.05) is 36.4 Å². The van der Waals surface area contributed by atoms with E-state index in [0.29, 0.717) is 5.02 Å². The van der Waals surface area contributed by atoms with Gasteiger partial charge in [0.2, 0.25) is 0 Å². The molecule has 0 aliphatic carbocycles. The molecular formula is C15H10Cl2S. The number of hydrogen-bond donors (Lipinski definition) is 0. The van der Waals surface area contributed by atoms with Gasteiger partial charge in [-0.25, -0.2) is 0 Å². The minimum Gasteiger partial charge on any atom is -0.143 e. The predicted molar refractivity (Wildman–Crippen MR) is 81.0 cm³/mol. The van der Waals surface area contributed by atoms with Crippen LogP contribution in [-0.4, -0.2) is 0 Å². The van der Waals surface area contributed by atoms with Crippen molar-refractivity contribution in [2.24, 2.45) is 0 Å². The average Bonchev–Trinajstić information content (AvgIpc) is 2.82. The lowest BCUT2D eigenvalue weighted by Crippen LogP contribution is -1.92. The van der Waals surface area contributed by atoms with Gasteiger partial charge in [0.1, 0.15) is 0 Å². The van der Waals surface area contributed by atoms with Crippen LogP contribution in [0.5, 0.6) is 0 Å². The van der Waals surface area contributed by atoms with Gasteiger partial charge >= 0.3 is 0 Å². The summed E-state index contributed by atoms with van der Waals surface area (Å²) in [6, 6.07) is 16.0. The fraction of sp³-hybridized carbons (Fsp3) is 0.0667. The Morgan fingerprint density at radius 1 is 0.889 bits per heavy atom. The Hall–Kier alpha value is -1.02. The van der Waals surface area contributed by atoms with E-state index < -0.39 is 0 Å². The molecule has 0 amide bonds. The van der Waals surface area contributed by atoms with Crippen LogP contribution in [0.1, 0.15) is 16.5 Å². The number of fused-ring (bicyclic) bond motifs is 1. The van der Waals surface area contributed by atoms with Gasteiger partial charge in [-0.05, 0) is 34.0 Å². The number of alkyl halides is 1. The van der Waals surface area contributed by atoms with E-state index in [1.165, 1.54) is 10.1 Å². The molecule has 0 N–H and O–H groups in total. The van der Waals surface area contributed by atoms with E-state index in [-0.39, 0.29) is 5.38 Å². The molecule has 0 fully saturated rings. The minimum absolute atomic E-state index is 0.199. The summed E-state index contributed by atoms with van der Waals surface area (Å²) < 4.78 is 1.25. The molecule has 90 valence electrons. The van der Waals surface area contributed by atoms with Crippen LogP contribution in [-0.2, 0) is 0 Å². The molecule has 3 heteroatoms. The average molecular weight is 293 g/mol. The maximum Gasteiger partial charge on any atom is 0.0863 e. The van der Waals surface area contributed by atoms with Gasteiger partial charge in [0, 0.05) is 9.72 Å². The number of halogens is 2. The highest BCUT2D eigenvalue weighted by molar-refractivity contribution is 7.17. The molecule has 18 heavy (non-hydrogen) atoms. The third-order valence-electron chi connectivity index (χ3n) is 2.96. The largest absolute Gasteiger partial charge is 0.143 e. The topological polar surface area (TPSA) is 0 Å². The number of thiophene rings is 1. The molecule has 0 saturated heterocycles. The zero-order chi connectivity index (χ0) is 12.5. The Kier molecular flexibility index (Phi) is 3.29. The van der Waals surface area contributed by atoms with Crippen LogP contribution in [0.4, 0.5) is 0 Å². The summed E-state index contributed by atoms with van der Waals surface area (Å²) >= 11 is 14.5. The van der Waals surface area contributed by atoms with Gasteiger partial charge in [-0.15, -0.1) is 22.9 Å². The van der Waals surface area contributed by atoms with Crippen molar-refractivity contribution in [2.45, 2.75) is 5.38 Å². The molecule has 0 bridgehead atoms. The van der Waals surface area contributed by atoms with Crippen molar-refractivity contribution in [3.63, 3.8) is 0 Å².